The van der Waals surface area contributed by atoms with Gasteiger partial charge >= 0.3 is 0 Å². The minimum atomic E-state index is 0.0130. The van der Waals surface area contributed by atoms with Crippen LogP contribution in [0.25, 0.3) is 0 Å². The lowest BCUT2D eigenvalue weighted by Gasteiger charge is -2.39. The number of aryl methyl sites for hydroxylation is 1. The summed E-state index contributed by atoms with van der Waals surface area (Å²) in [7, 11) is 0. The van der Waals surface area contributed by atoms with Crippen molar-refractivity contribution in [2.45, 2.75) is 45.7 Å². The van der Waals surface area contributed by atoms with Gasteiger partial charge in [-0.1, -0.05) is 0 Å². The monoisotopic (exact) mass is 337 g/mol. The van der Waals surface area contributed by atoms with Gasteiger partial charge in [0, 0.05) is 39.3 Å². The number of piperazine rings is 1. The van der Waals surface area contributed by atoms with Crippen molar-refractivity contribution in [3.05, 3.63) is 10.0 Å². The fourth-order valence-corrected chi connectivity index (χ4v) is 4.19. The molecular formula is C16H27N5OS. The first-order chi connectivity index (χ1) is 11.1. The summed E-state index contributed by atoms with van der Waals surface area (Å²) in [5.74, 6) is 0.317. The summed E-state index contributed by atoms with van der Waals surface area (Å²) in [5.41, 5.74) is 0. The quantitative estimate of drug-likeness (QED) is 0.830. The van der Waals surface area contributed by atoms with E-state index in [-0.39, 0.29) is 6.04 Å². The lowest BCUT2D eigenvalue weighted by atomic mass is 10.1. The highest BCUT2D eigenvalue weighted by Crippen LogP contribution is 2.16. The lowest BCUT2D eigenvalue weighted by molar-refractivity contribution is -0.138. The van der Waals surface area contributed by atoms with E-state index in [1.807, 2.05) is 6.92 Å². The smallest absolute Gasteiger partial charge is 0.239 e. The summed E-state index contributed by atoms with van der Waals surface area (Å²) < 4.78 is 0. The Hall–Kier alpha value is -1.05. The molecule has 2 fully saturated rings. The summed E-state index contributed by atoms with van der Waals surface area (Å²) in [4.78, 5) is 19.4. The summed E-state index contributed by atoms with van der Waals surface area (Å²) in [6.07, 6.45) is 3.59. The molecule has 7 heteroatoms. The average Bonchev–Trinajstić information content (AvgIpc) is 3.00. The van der Waals surface area contributed by atoms with Gasteiger partial charge in [-0.2, -0.15) is 0 Å². The van der Waals surface area contributed by atoms with Gasteiger partial charge in [-0.3, -0.25) is 14.6 Å². The van der Waals surface area contributed by atoms with Crippen LogP contribution in [-0.4, -0.2) is 76.1 Å². The third-order valence-electron chi connectivity index (χ3n) is 4.91. The van der Waals surface area contributed by atoms with E-state index in [2.05, 4.69) is 31.8 Å². The second-order valence-electron chi connectivity index (χ2n) is 6.59. The molecule has 0 bridgehead atoms. The minimum Gasteiger partial charge on any atom is -0.341 e. The molecule has 1 aromatic heterocycles. The first-order valence-electron chi connectivity index (χ1n) is 8.67. The van der Waals surface area contributed by atoms with Crippen molar-refractivity contribution < 1.29 is 4.79 Å². The van der Waals surface area contributed by atoms with E-state index in [1.54, 1.807) is 11.3 Å². The molecule has 0 unspecified atom stereocenters. The molecule has 3 rings (SSSR count). The molecule has 2 aliphatic rings. The summed E-state index contributed by atoms with van der Waals surface area (Å²) in [6.45, 7) is 10.7. The molecule has 0 spiro atoms. The van der Waals surface area contributed by atoms with Gasteiger partial charge in [0.1, 0.15) is 10.0 Å². The van der Waals surface area contributed by atoms with Gasteiger partial charge in [0.05, 0.1) is 12.6 Å². The van der Waals surface area contributed by atoms with Crippen LogP contribution in [0.4, 0.5) is 0 Å². The van der Waals surface area contributed by atoms with Crippen LogP contribution in [0.3, 0.4) is 0 Å². The van der Waals surface area contributed by atoms with E-state index >= 15 is 0 Å². The number of carbonyl (C=O) groups is 1. The normalized spacial score (nSPS) is 22.3. The molecule has 6 nitrogen and oxygen atoms in total. The molecule has 0 saturated carbocycles. The molecule has 1 amide bonds. The van der Waals surface area contributed by atoms with Crippen LogP contribution in [0.1, 0.15) is 36.2 Å². The number of hydrogen-bond acceptors (Lipinski definition) is 6. The Morgan fingerprint density at radius 1 is 1.09 bits per heavy atom. The highest BCUT2D eigenvalue weighted by Gasteiger charge is 2.29. The Morgan fingerprint density at radius 2 is 1.78 bits per heavy atom. The van der Waals surface area contributed by atoms with Gasteiger partial charge in [-0.25, -0.2) is 0 Å². The van der Waals surface area contributed by atoms with Crippen LogP contribution >= 0.6 is 11.3 Å². The zero-order valence-electron chi connectivity index (χ0n) is 14.2. The molecule has 1 aromatic rings. The minimum absolute atomic E-state index is 0.0130. The van der Waals surface area contributed by atoms with Crippen molar-refractivity contribution in [2.24, 2.45) is 0 Å². The summed E-state index contributed by atoms with van der Waals surface area (Å²) in [5, 5.41) is 10.4. The Balaban J connectivity index is 1.46. The van der Waals surface area contributed by atoms with Gasteiger partial charge in [0.2, 0.25) is 5.91 Å². The maximum Gasteiger partial charge on any atom is 0.239 e. The third kappa shape index (κ3) is 4.28. The number of carbonyl (C=O) groups excluding carboxylic acids is 1. The van der Waals surface area contributed by atoms with Crippen LogP contribution in [0.2, 0.25) is 0 Å². The van der Waals surface area contributed by atoms with Crippen LogP contribution in [0, 0.1) is 6.92 Å². The van der Waals surface area contributed by atoms with Gasteiger partial charge in [-0.05, 0) is 33.1 Å². The van der Waals surface area contributed by atoms with Crippen molar-refractivity contribution in [1.82, 2.24) is 24.9 Å². The Kier molecular flexibility index (Phi) is 5.61. The van der Waals surface area contributed by atoms with Crippen LogP contribution in [0.5, 0.6) is 0 Å². The predicted molar refractivity (Wildman–Crippen MR) is 91.4 cm³/mol. The van der Waals surface area contributed by atoms with Gasteiger partial charge in [0.25, 0.3) is 0 Å². The summed E-state index contributed by atoms with van der Waals surface area (Å²) in [6, 6.07) is 0.0130. The molecule has 0 aliphatic carbocycles. The third-order valence-corrected chi connectivity index (χ3v) is 5.73. The van der Waals surface area contributed by atoms with E-state index in [1.165, 1.54) is 6.42 Å². The van der Waals surface area contributed by atoms with Crippen molar-refractivity contribution in [1.29, 1.82) is 0 Å². The van der Waals surface area contributed by atoms with Crippen LogP contribution in [0.15, 0.2) is 0 Å². The van der Waals surface area contributed by atoms with Gasteiger partial charge in [-0.15, -0.1) is 21.5 Å². The number of aromatic nitrogens is 2. The topological polar surface area (TPSA) is 52.6 Å². The zero-order valence-corrected chi connectivity index (χ0v) is 15.0. The standard InChI is InChI=1S/C16H27N5OS/c1-13(16(22)21-6-4-3-5-7-21)20-10-8-19(9-11-20)12-15-18-17-14(2)23-15/h13H,3-12H2,1-2H3/t13-/m0/s1. The number of hydrogen-bond donors (Lipinski definition) is 0. The first kappa shape index (κ1) is 16.8. The molecule has 0 aromatic carbocycles. The Morgan fingerprint density at radius 3 is 2.39 bits per heavy atom. The lowest BCUT2D eigenvalue weighted by Crippen LogP contribution is -2.54. The molecule has 3 heterocycles. The largest absolute Gasteiger partial charge is 0.341 e. The molecule has 0 N–H and O–H groups in total. The SMILES string of the molecule is Cc1nnc(CN2CCN([C@@H](C)C(=O)N3CCCCC3)CC2)s1. The maximum atomic E-state index is 12.6. The van der Waals surface area contributed by atoms with Crippen molar-refractivity contribution in [3.63, 3.8) is 0 Å². The number of piperidine rings is 1. The van der Waals surface area contributed by atoms with E-state index in [0.29, 0.717) is 5.91 Å². The van der Waals surface area contributed by atoms with E-state index in [9.17, 15) is 4.79 Å². The fraction of sp³-hybridized carbons (Fsp3) is 0.812. The zero-order chi connectivity index (χ0) is 16.2. The number of rotatable bonds is 4. The second kappa shape index (κ2) is 7.68. The van der Waals surface area contributed by atoms with E-state index in [0.717, 1.165) is 68.7 Å². The molecule has 0 radical (unpaired) electrons. The predicted octanol–water partition coefficient (Wildman–Crippen LogP) is 1.37. The van der Waals surface area contributed by atoms with E-state index < -0.39 is 0 Å². The average molecular weight is 337 g/mol. The number of likely N-dealkylation sites (tertiary alicyclic amines) is 1. The van der Waals surface area contributed by atoms with Gasteiger partial charge < -0.3 is 4.90 Å². The summed E-state index contributed by atoms with van der Waals surface area (Å²) >= 11 is 1.67. The van der Waals surface area contributed by atoms with Crippen LogP contribution < -0.4 is 0 Å². The molecule has 1 atom stereocenters. The van der Waals surface area contributed by atoms with Crippen molar-refractivity contribution in [2.75, 3.05) is 39.3 Å². The Bertz CT molecular complexity index is 520. The van der Waals surface area contributed by atoms with Gasteiger partial charge in [0.15, 0.2) is 0 Å². The fourth-order valence-electron chi connectivity index (χ4n) is 3.44. The molecular weight excluding hydrogens is 310 g/mol. The highest BCUT2D eigenvalue weighted by molar-refractivity contribution is 7.11. The Labute approximate surface area is 142 Å². The van der Waals surface area contributed by atoms with Crippen molar-refractivity contribution >= 4 is 17.2 Å². The molecule has 23 heavy (non-hydrogen) atoms. The first-order valence-corrected chi connectivity index (χ1v) is 9.49. The van der Waals surface area contributed by atoms with Crippen LogP contribution in [-0.2, 0) is 11.3 Å². The molecule has 128 valence electrons. The van der Waals surface area contributed by atoms with Crippen molar-refractivity contribution in [3.8, 4) is 0 Å². The molecule has 2 aliphatic heterocycles. The maximum absolute atomic E-state index is 12.6. The highest BCUT2D eigenvalue weighted by atomic mass is 32.1. The van der Waals surface area contributed by atoms with E-state index in [4.69, 9.17) is 0 Å². The number of amides is 1. The number of nitrogens with zero attached hydrogens (tertiary/aromatic N) is 5. The molecule has 2 saturated heterocycles. The second-order valence-corrected chi connectivity index (χ2v) is 7.86.